The molecule has 6 rings (SSSR count). The Bertz CT molecular complexity index is 1230. The number of ether oxygens (including phenoxy) is 1. The molecule has 2 aliphatic carbocycles. The van der Waals surface area contributed by atoms with Crippen LogP contribution in [-0.2, 0) is 18.3 Å². The monoisotopic (exact) mass is 570 g/mol. The van der Waals surface area contributed by atoms with E-state index in [0.29, 0.717) is 31.6 Å². The second-order valence-electron chi connectivity index (χ2n) is 12.8. The van der Waals surface area contributed by atoms with Crippen molar-refractivity contribution in [2.24, 2.45) is 5.92 Å². The lowest BCUT2D eigenvalue weighted by atomic mass is 9.52. The van der Waals surface area contributed by atoms with Gasteiger partial charge in [0.05, 0.1) is 0 Å². The minimum absolute atomic E-state index is 0.163. The summed E-state index contributed by atoms with van der Waals surface area (Å²) in [6, 6.07) is 15.8. The normalized spacial score (nSPS) is 30.5. The summed E-state index contributed by atoms with van der Waals surface area (Å²) in [5, 5.41) is 10.7. The largest absolute Gasteiger partial charge is 0.417 e. The Morgan fingerprint density at radius 1 is 0.976 bits per heavy atom. The van der Waals surface area contributed by atoms with E-state index in [1.807, 2.05) is 53.4 Å². The molecule has 8 heteroatoms. The van der Waals surface area contributed by atoms with Gasteiger partial charge in [0.15, 0.2) is 5.60 Å². The van der Waals surface area contributed by atoms with Crippen molar-refractivity contribution in [2.45, 2.75) is 93.9 Å². The summed E-state index contributed by atoms with van der Waals surface area (Å²) >= 11 is 0. The molecule has 222 valence electrons. The van der Waals surface area contributed by atoms with Crippen LogP contribution >= 0.6 is 0 Å². The minimum atomic E-state index is -4.65. The molecular weight excluding hydrogens is 529 g/mol. The molecule has 41 heavy (non-hydrogen) atoms. The molecule has 3 fully saturated rings. The van der Waals surface area contributed by atoms with Gasteiger partial charge in [-0.1, -0.05) is 36.4 Å². The van der Waals surface area contributed by atoms with Gasteiger partial charge in [-0.3, -0.25) is 0 Å². The van der Waals surface area contributed by atoms with Crippen molar-refractivity contribution in [3.8, 4) is 5.75 Å². The number of hydrogen-bond acceptors (Lipinski definition) is 4. The van der Waals surface area contributed by atoms with E-state index < -0.39 is 17.2 Å². The Labute approximate surface area is 240 Å². The zero-order valence-electron chi connectivity index (χ0n) is 23.7. The first kappa shape index (κ1) is 28.5. The molecule has 2 aliphatic heterocycles. The maximum absolute atomic E-state index is 13.9. The SMILES string of the molecule is O=C(Oc1ccc2c(c1)CCC1C[C@@](O)(C(F)(F)F)CC[C@@]21Cc1ccccc1)N1CCCCC1CN1CCCC1. The van der Waals surface area contributed by atoms with E-state index in [-0.39, 0.29) is 37.3 Å². The molecule has 0 radical (unpaired) electrons. The number of aliphatic hydroxyl groups is 1. The predicted octanol–water partition coefficient (Wildman–Crippen LogP) is 6.66. The lowest BCUT2D eigenvalue weighted by molar-refractivity contribution is -0.279. The van der Waals surface area contributed by atoms with Crippen LogP contribution in [0.3, 0.4) is 0 Å². The van der Waals surface area contributed by atoms with E-state index in [4.69, 9.17) is 4.74 Å². The number of rotatable bonds is 5. The summed E-state index contributed by atoms with van der Waals surface area (Å²) in [5.41, 5.74) is -0.0146. The third-order valence-electron chi connectivity index (χ3n) is 10.4. The molecule has 5 nitrogen and oxygen atoms in total. The Morgan fingerprint density at radius 2 is 1.73 bits per heavy atom. The van der Waals surface area contributed by atoms with Gasteiger partial charge in [0.25, 0.3) is 0 Å². The fourth-order valence-corrected chi connectivity index (χ4v) is 8.13. The summed E-state index contributed by atoms with van der Waals surface area (Å²) in [4.78, 5) is 17.7. The maximum atomic E-state index is 13.9. The number of halogens is 3. The molecule has 2 unspecified atom stereocenters. The van der Waals surface area contributed by atoms with E-state index in [2.05, 4.69) is 4.90 Å². The molecular formula is C33H41F3N2O3. The van der Waals surface area contributed by atoms with Crippen molar-refractivity contribution in [2.75, 3.05) is 26.2 Å². The van der Waals surface area contributed by atoms with Gasteiger partial charge in [-0.15, -0.1) is 0 Å². The van der Waals surface area contributed by atoms with Crippen LogP contribution in [0.25, 0.3) is 0 Å². The molecule has 4 atom stereocenters. The number of benzene rings is 2. The number of piperidine rings is 1. The van der Waals surface area contributed by atoms with Crippen LogP contribution in [0, 0.1) is 5.92 Å². The first-order chi connectivity index (χ1) is 19.7. The minimum Gasteiger partial charge on any atom is -0.410 e. The zero-order valence-corrected chi connectivity index (χ0v) is 23.7. The number of hydrogen-bond donors (Lipinski definition) is 1. The van der Waals surface area contributed by atoms with E-state index in [9.17, 15) is 23.1 Å². The molecule has 2 saturated heterocycles. The quantitative estimate of drug-likeness (QED) is 0.437. The molecule has 2 aromatic rings. The van der Waals surface area contributed by atoms with Crippen molar-refractivity contribution >= 4 is 6.09 Å². The van der Waals surface area contributed by atoms with Crippen molar-refractivity contribution in [1.29, 1.82) is 0 Å². The summed E-state index contributed by atoms with van der Waals surface area (Å²) < 4.78 is 47.6. The third-order valence-corrected chi connectivity index (χ3v) is 10.4. The van der Waals surface area contributed by atoms with Crippen molar-refractivity contribution < 1.29 is 27.8 Å². The van der Waals surface area contributed by atoms with E-state index in [0.717, 1.165) is 55.6 Å². The Balaban J connectivity index is 1.25. The smallest absolute Gasteiger partial charge is 0.410 e. The van der Waals surface area contributed by atoms with Crippen LogP contribution < -0.4 is 4.74 Å². The van der Waals surface area contributed by atoms with Crippen LogP contribution in [0.1, 0.15) is 74.5 Å². The number of likely N-dealkylation sites (tertiary alicyclic amines) is 2. The van der Waals surface area contributed by atoms with Crippen LogP contribution in [-0.4, -0.2) is 65.0 Å². The van der Waals surface area contributed by atoms with E-state index in [1.165, 1.54) is 12.8 Å². The highest BCUT2D eigenvalue weighted by Crippen LogP contribution is 2.57. The van der Waals surface area contributed by atoms with Gasteiger partial charge in [0.1, 0.15) is 5.75 Å². The number of carbonyl (C=O) groups excluding carboxylic acids is 1. The Morgan fingerprint density at radius 3 is 2.49 bits per heavy atom. The molecule has 2 heterocycles. The molecule has 2 aromatic carbocycles. The zero-order chi connectivity index (χ0) is 28.7. The van der Waals surface area contributed by atoms with Gasteiger partial charge in [-0.05, 0) is 118 Å². The van der Waals surface area contributed by atoms with Crippen LogP contribution in [0.5, 0.6) is 5.75 Å². The van der Waals surface area contributed by atoms with Gasteiger partial charge >= 0.3 is 12.3 Å². The lowest BCUT2D eigenvalue weighted by Crippen LogP contribution is -2.56. The predicted molar refractivity (Wildman–Crippen MR) is 151 cm³/mol. The Hall–Kier alpha value is -2.58. The number of alkyl halides is 3. The number of carbonyl (C=O) groups is 1. The maximum Gasteiger partial charge on any atom is 0.417 e. The van der Waals surface area contributed by atoms with Gasteiger partial charge in [0.2, 0.25) is 0 Å². The summed E-state index contributed by atoms with van der Waals surface area (Å²) in [7, 11) is 0. The fraction of sp³-hybridized carbons (Fsp3) is 0.606. The van der Waals surface area contributed by atoms with Gasteiger partial charge in [-0.2, -0.15) is 13.2 Å². The van der Waals surface area contributed by atoms with Crippen molar-refractivity contribution in [3.05, 3.63) is 65.2 Å². The van der Waals surface area contributed by atoms with Crippen molar-refractivity contribution in [1.82, 2.24) is 9.80 Å². The summed E-state index contributed by atoms with van der Waals surface area (Å²) in [6.45, 7) is 3.78. The first-order valence-electron chi connectivity index (χ1n) is 15.3. The summed E-state index contributed by atoms with van der Waals surface area (Å²) in [6.07, 6.45) is 1.98. The molecule has 1 N–H and O–H groups in total. The summed E-state index contributed by atoms with van der Waals surface area (Å²) in [5.74, 6) is 0.193. The van der Waals surface area contributed by atoms with Crippen molar-refractivity contribution in [3.63, 3.8) is 0 Å². The van der Waals surface area contributed by atoms with Crippen LogP contribution in [0.2, 0.25) is 0 Å². The average molecular weight is 571 g/mol. The third kappa shape index (κ3) is 5.62. The lowest BCUT2D eigenvalue weighted by Gasteiger charge is -2.53. The van der Waals surface area contributed by atoms with Gasteiger partial charge < -0.3 is 19.6 Å². The standard InChI is InChI=1S/C33H41F3N2O3/c34-33(35,36)32(40)16-15-31(21-24-8-2-1-3-9-24)26(22-32)12-11-25-20-28(13-14-29(25)31)41-30(39)38-19-5-4-10-27(38)23-37-17-6-7-18-37/h1-3,8-9,13-14,20,26-27,40H,4-7,10-12,15-19,21-23H2/t26?,27?,31-,32+/m0/s1. The fourth-order valence-electron chi connectivity index (χ4n) is 8.13. The molecule has 1 amide bonds. The molecule has 0 aromatic heterocycles. The molecule has 0 bridgehead atoms. The van der Waals surface area contributed by atoms with Crippen LogP contribution in [0.4, 0.5) is 18.0 Å². The van der Waals surface area contributed by atoms with Crippen LogP contribution in [0.15, 0.2) is 48.5 Å². The average Bonchev–Trinajstić information content (AvgIpc) is 3.47. The van der Waals surface area contributed by atoms with E-state index >= 15 is 0 Å². The second-order valence-corrected chi connectivity index (χ2v) is 12.8. The highest BCUT2D eigenvalue weighted by Gasteiger charge is 2.61. The second kappa shape index (κ2) is 11.3. The number of amides is 1. The van der Waals surface area contributed by atoms with E-state index in [1.54, 1.807) is 0 Å². The molecule has 4 aliphatic rings. The molecule has 1 saturated carbocycles. The number of nitrogens with zero attached hydrogens (tertiary/aromatic N) is 2. The highest BCUT2D eigenvalue weighted by molar-refractivity contribution is 5.71. The first-order valence-corrected chi connectivity index (χ1v) is 15.3. The molecule has 0 spiro atoms. The van der Waals surface area contributed by atoms with Gasteiger partial charge in [-0.25, -0.2) is 4.79 Å². The Kier molecular flexibility index (Phi) is 7.83. The topological polar surface area (TPSA) is 53.0 Å². The van der Waals surface area contributed by atoms with Gasteiger partial charge in [0, 0.05) is 24.5 Å². The number of aryl methyl sites for hydroxylation is 1. The highest BCUT2D eigenvalue weighted by atomic mass is 19.4. The number of fused-ring (bicyclic) bond motifs is 3.